The van der Waals surface area contributed by atoms with Gasteiger partial charge < -0.3 is 5.11 Å². The maximum atomic E-state index is 9.80. The van der Waals surface area contributed by atoms with E-state index in [0.29, 0.717) is 5.41 Å². The molecule has 0 heterocycles. The highest BCUT2D eigenvalue weighted by Gasteiger charge is 2.60. The first-order valence-electron chi connectivity index (χ1n) is 4.66. The smallest absolute Gasteiger partial charge is 0.0622 e. The molecule has 0 radical (unpaired) electrons. The van der Waals surface area contributed by atoms with E-state index in [9.17, 15) is 5.11 Å². The highest BCUT2D eigenvalue weighted by Crippen LogP contribution is 2.66. The standard InChI is InChI=1S/C10H18O/c1-9(2)7-4-5-10(3,11)6-8(7)9/h7-8,11H,4-6H2,1-3H3/t7-,8-,10?/m0/s1. The third-order valence-corrected chi connectivity index (χ3v) is 3.94. The second-order valence-corrected chi connectivity index (χ2v) is 5.27. The number of rotatable bonds is 0. The van der Waals surface area contributed by atoms with Crippen molar-refractivity contribution in [2.75, 3.05) is 0 Å². The van der Waals surface area contributed by atoms with Crippen molar-refractivity contribution in [3.63, 3.8) is 0 Å². The molecule has 0 bridgehead atoms. The van der Waals surface area contributed by atoms with Gasteiger partial charge in [0.2, 0.25) is 0 Å². The molecule has 2 fully saturated rings. The Morgan fingerprint density at radius 3 is 2.27 bits per heavy atom. The minimum absolute atomic E-state index is 0.352. The molecule has 0 amide bonds. The summed E-state index contributed by atoms with van der Waals surface area (Å²) < 4.78 is 0. The van der Waals surface area contributed by atoms with Gasteiger partial charge in [-0.2, -0.15) is 0 Å². The Balaban J connectivity index is 2.08. The quantitative estimate of drug-likeness (QED) is 0.567. The summed E-state index contributed by atoms with van der Waals surface area (Å²) in [6, 6.07) is 0. The van der Waals surface area contributed by atoms with Crippen LogP contribution in [0.2, 0.25) is 0 Å². The summed E-state index contributed by atoms with van der Waals surface area (Å²) in [7, 11) is 0. The van der Waals surface area contributed by atoms with Crippen molar-refractivity contribution in [3.05, 3.63) is 0 Å². The molecule has 2 aliphatic carbocycles. The lowest BCUT2D eigenvalue weighted by atomic mass is 9.87. The lowest BCUT2D eigenvalue weighted by molar-refractivity contribution is 0.0179. The van der Waals surface area contributed by atoms with E-state index in [1.807, 2.05) is 6.92 Å². The molecule has 1 heteroatoms. The molecule has 1 N–H and O–H groups in total. The first-order chi connectivity index (χ1) is 4.93. The van der Waals surface area contributed by atoms with Crippen LogP contribution in [0.1, 0.15) is 40.0 Å². The Morgan fingerprint density at radius 2 is 1.82 bits per heavy atom. The minimum atomic E-state index is -0.352. The van der Waals surface area contributed by atoms with Crippen LogP contribution in [-0.2, 0) is 0 Å². The summed E-state index contributed by atoms with van der Waals surface area (Å²) in [5.41, 5.74) is 0.190. The molecule has 2 saturated carbocycles. The van der Waals surface area contributed by atoms with Crippen molar-refractivity contribution in [2.45, 2.75) is 45.6 Å². The predicted molar refractivity (Wildman–Crippen MR) is 45.2 cm³/mol. The molecular formula is C10H18O. The van der Waals surface area contributed by atoms with E-state index in [4.69, 9.17) is 0 Å². The second-order valence-electron chi connectivity index (χ2n) is 5.27. The van der Waals surface area contributed by atoms with E-state index in [2.05, 4.69) is 13.8 Å². The number of hydrogen-bond donors (Lipinski definition) is 1. The van der Waals surface area contributed by atoms with Crippen LogP contribution in [0.3, 0.4) is 0 Å². The summed E-state index contributed by atoms with van der Waals surface area (Å²) in [6.07, 6.45) is 3.28. The molecule has 0 aromatic carbocycles. The topological polar surface area (TPSA) is 20.2 Å². The van der Waals surface area contributed by atoms with Crippen LogP contribution in [0.4, 0.5) is 0 Å². The predicted octanol–water partition coefficient (Wildman–Crippen LogP) is 2.19. The van der Waals surface area contributed by atoms with Crippen molar-refractivity contribution in [3.8, 4) is 0 Å². The minimum Gasteiger partial charge on any atom is -0.390 e. The second kappa shape index (κ2) is 1.82. The highest BCUT2D eigenvalue weighted by atomic mass is 16.3. The van der Waals surface area contributed by atoms with Gasteiger partial charge in [-0.1, -0.05) is 13.8 Å². The third kappa shape index (κ3) is 1.01. The monoisotopic (exact) mass is 154 g/mol. The van der Waals surface area contributed by atoms with E-state index in [-0.39, 0.29) is 5.60 Å². The fourth-order valence-corrected chi connectivity index (χ4v) is 2.88. The van der Waals surface area contributed by atoms with Crippen molar-refractivity contribution < 1.29 is 5.11 Å². The van der Waals surface area contributed by atoms with Gasteiger partial charge in [-0.15, -0.1) is 0 Å². The first-order valence-corrected chi connectivity index (χ1v) is 4.66. The van der Waals surface area contributed by atoms with E-state index in [1.165, 1.54) is 6.42 Å². The van der Waals surface area contributed by atoms with Crippen LogP contribution < -0.4 is 0 Å². The van der Waals surface area contributed by atoms with Crippen LogP contribution in [0.25, 0.3) is 0 Å². The van der Waals surface area contributed by atoms with Crippen LogP contribution >= 0.6 is 0 Å². The third-order valence-electron chi connectivity index (χ3n) is 3.94. The Morgan fingerprint density at radius 1 is 1.18 bits per heavy atom. The fraction of sp³-hybridized carbons (Fsp3) is 1.00. The van der Waals surface area contributed by atoms with Gasteiger partial charge >= 0.3 is 0 Å². The zero-order valence-corrected chi connectivity index (χ0v) is 7.72. The number of hydrogen-bond acceptors (Lipinski definition) is 1. The van der Waals surface area contributed by atoms with Crippen LogP contribution in [-0.4, -0.2) is 10.7 Å². The average molecular weight is 154 g/mol. The molecule has 0 spiro atoms. The summed E-state index contributed by atoms with van der Waals surface area (Å²) in [6.45, 7) is 6.66. The van der Waals surface area contributed by atoms with Crippen molar-refractivity contribution >= 4 is 0 Å². The lowest BCUT2D eigenvalue weighted by Gasteiger charge is -2.26. The highest BCUT2D eigenvalue weighted by molar-refractivity contribution is 5.10. The van der Waals surface area contributed by atoms with Gasteiger partial charge in [0, 0.05) is 0 Å². The van der Waals surface area contributed by atoms with Gasteiger partial charge in [-0.3, -0.25) is 0 Å². The van der Waals surface area contributed by atoms with E-state index < -0.39 is 0 Å². The van der Waals surface area contributed by atoms with Gasteiger partial charge in [-0.05, 0) is 43.4 Å². The Hall–Kier alpha value is -0.0400. The Bertz CT molecular complexity index is 179. The molecule has 64 valence electrons. The van der Waals surface area contributed by atoms with Crippen molar-refractivity contribution in [1.82, 2.24) is 0 Å². The lowest BCUT2D eigenvalue weighted by Crippen LogP contribution is -2.28. The first kappa shape index (κ1) is 7.60. The summed E-state index contributed by atoms with van der Waals surface area (Å²) in [4.78, 5) is 0. The summed E-state index contributed by atoms with van der Waals surface area (Å²) >= 11 is 0. The van der Waals surface area contributed by atoms with Crippen molar-refractivity contribution in [2.24, 2.45) is 17.3 Å². The Kier molecular flexibility index (Phi) is 1.26. The molecule has 1 nitrogen and oxygen atoms in total. The molecule has 11 heavy (non-hydrogen) atoms. The molecule has 0 aromatic rings. The van der Waals surface area contributed by atoms with Crippen molar-refractivity contribution in [1.29, 1.82) is 0 Å². The maximum Gasteiger partial charge on any atom is 0.0622 e. The largest absolute Gasteiger partial charge is 0.390 e. The van der Waals surface area contributed by atoms with E-state index in [1.54, 1.807) is 0 Å². The molecule has 0 aromatic heterocycles. The van der Waals surface area contributed by atoms with Crippen LogP contribution in [0.15, 0.2) is 0 Å². The maximum absolute atomic E-state index is 9.80. The molecular weight excluding hydrogens is 136 g/mol. The zero-order valence-electron chi connectivity index (χ0n) is 7.72. The normalized spacial score (nSPS) is 53.5. The Labute approximate surface area is 68.8 Å². The summed E-state index contributed by atoms with van der Waals surface area (Å²) in [5, 5.41) is 9.80. The van der Waals surface area contributed by atoms with Gasteiger partial charge in [0.05, 0.1) is 5.60 Å². The molecule has 2 aliphatic rings. The molecule has 3 atom stereocenters. The van der Waals surface area contributed by atoms with Gasteiger partial charge in [0.1, 0.15) is 0 Å². The van der Waals surface area contributed by atoms with Gasteiger partial charge in [0.15, 0.2) is 0 Å². The average Bonchev–Trinajstić information content (AvgIpc) is 2.32. The molecule has 2 rings (SSSR count). The SMILES string of the molecule is CC1(O)CC[C@H]2[C@H](C1)C2(C)C. The van der Waals surface area contributed by atoms with E-state index >= 15 is 0 Å². The van der Waals surface area contributed by atoms with Crippen LogP contribution in [0, 0.1) is 17.3 Å². The zero-order chi connectivity index (χ0) is 8.28. The molecule has 0 aliphatic heterocycles. The number of aliphatic hydroxyl groups is 1. The van der Waals surface area contributed by atoms with Gasteiger partial charge in [-0.25, -0.2) is 0 Å². The fourth-order valence-electron chi connectivity index (χ4n) is 2.88. The summed E-state index contributed by atoms with van der Waals surface area (Å²) in [5.74, 6) is 1.73. The molecule has 1 unspecified atom stereocenters. The molecule has 0 saturated heterocycles. The number of fused-ring (bicyclic) bond motifs is 1. The van der Waals surface area contributed by atoms with Gasteiger partial charge in [0.25, 0.3) is 0 Å². The van der Waals surface area contributed by atoms with E-state index in [0.717, 1.165) is 24.7 Å². The van der Waals surface area contributed by atoms with Crippen LogP contribution in [0.5, 0.6) is 0 Å².